The van der Waals surface area contributed by atoms with E-state index >= 15 is 0 Å². The summed E-state index contributed by atoms with van der Waals surface area (Å²) in [5, 5.41) is 4.98. The second kappa shape index (κ2) is 6.23. The van der Waals surface area contributed by atoms with Crippen molar-refractivity contribution in [1.29, 1.82) is 0 Å². The van der Waals surface area contributed by atoms with E-state index in [0.29, 0.717) is 11.9 Å². The number of likely N-dealkylation sites (N-methyl/N-ethyl adjacent to an activating group) is 1. The van der Waals surface area contributed by atoms with Crippen molar-refractivity contribution in [2.45, 2.75) is 17.4 Å². The van der Waals surface area contributed by atoms with Crippen LogP contribution < -0.4 is 14.9 Å². The fourth-order valence-corrected chi connectivity index (χ4v) is 4.11. The molecule has 1 unspecified atom stereocenters. The average Bonchev–Trinajstić information content (AvgIpc) is 3.19. The molecule has 0 spiro atoms. The highest BCUT2D eigenvalue weighted by Gasteiger charge is 2.21. The molecule has 0 aliphatic carbocycles. The van der Waals surface area contributed by atoms with Crippen LogP contribution in [-0.4, -0.2) is 39.6 Å². The van der Waals surface area contributed by atoms with Crippen molar-refractivity contribution in [3.8, 4) is 0 Å². The maximum atomic E-state index is 12.4. The molecule has 0 bridgehead atoms. The van der Waals surface area contributed by atoms with Gasteiger partial charge in [0, 0.05) is 30.7 Å². The van der Waals surface area contributed by atoms with E-state index in [-0.39, 0.29) is 4.90 Å². The highest BCUT2D eigenvalue weighted by Crippen LogP contribution is 2.23. The van der Waals surface area contributed by atoms with E-state index in [1.54, 1.807) is 29.1 Å². The molecule has 0 radical (unpaired) electrons. The number of hydrogen-bond acceptors (Lipinski definition) is 6. The lowest BCUT2D eigenvalue weighted by molar-refractivity contribution is 0.601. The van der Waals surface area contributed by atoms with Gasteiger partial charge in [0.15, 0.2) is 5.82 Å². The van der Waals surface area contributed by atoms with E-state index in [1.165, 1.54) is 11.3 Å². The van der Waals surface area contributed by atoms with Crippen LogP contribution in [0, 0.1) is 0 Å². The highest BCUT2D eigenvalue weighted by atomic mass is 32.2. The van der Waals surface area contributed by atoms with E-state index in [9.17, 15) is 8.42 Å². The quantitative estimate of drug-likeness (QED) is 0.869. The Morgan fingerprint density at radius 3 is 3.00 bits per heavy atom. The number of anilines is 2. The number of sulfonamides is 1. The Morgan fingerprint density at radius 1 is 1.45 bits per heavy atom. The maximum Gasteiger partial charge on any atom is 0.263 e. The third kappa shape index (κ3) is 3.23. The first-order chi connectivity index (χ1) is 10.6. The van der Waals surface area contributed by atoms with Gasteiger partial charge in [0.1, 0.15) is 0 Å². The molecule has 1 atom stereocenters. The fourth-order valence-electron chi connectivity index (χ4n) is 2.51. The van der Waals surface area contributed by atoms with Gasteiger partial charge in [0.05, 0.1) is 10.4 Å². The standard InChI is InChI=1S/C14H18N4O2S2/c1-18(12-5-6-15-8-12)11-3-2-4-13(7-11)22(19,20)17-14-9-21-10-16-14/h2-4,7,9-10,12,15,17H,5-6,8H2,1H3. The fraction of sp³-hybridized carbons (Fsp3) is 0.357. The molecule has 8 heteroatoms. The molecule has 2 N–H and O–H groups in total. The van der Waals surface area contributed by atoms with Crippen molar-refractivity contribution >= 4 is 32.9 Å². The minimum absolute atomic E-state index is 0.246. The molecular weight excluding hydrogens is 320 g/mol. The molecule has 2 heterocycles. The van der Waals surface area contributed by atoms with E-state index < -0.39 is 10.0 Å². The van der Waals surface area contributed by atoms with Crippen molar-refractivity contribution in [3.05, 3.63) is 35.2 Å². The first-order valence-corrected chi connectivity index (χ1v) is 9.43. The monoisotopic (exact) mass is 338 g/mol. The second-order valence-corrected chi connectivity index (χ2v) is 7.64. The third-order valence-corrected chi connectivity index (χ3v) is 5.73. The molecule has 22 heavy (non-hydrogen) atoms. The molecule has 0 amide bonds. The van der Waals surface area contributed by atoms with Crippen molar-refractivity contribution in [3.63, 3.8) is 0 Å². The van der Waals surface area contributed by atoms with Crippen molar-refractivity contribution < 1.29 is 8.42 Å². The summed E-state index contributed by atoms with van der Waals surface area (Å²) in [5.74, 6) is 0.351. The Labute approximate surface area is 134 Å². The largest absolute Gasteiger partial charge is 0.370 e. The molecule has 3 rings (SSSR count). The molecule has 1 fully saturated rings. The van der Waals surface area contributed by atoms with E-state index in [4.69, 9.17) is 0 Å². The predicted octanol–water partition coefficient (Wildman–Crippen LogP) is 1.74. The lowest BCUT2D eigenvalue weighted by atomic mass is 10.2. The molecule has 1 aliphatic rings. The summed E-state index contributed by atoms with van der Waals surface area (Å²) < 4.78 is 27.3. The first-order valence-electron chi connectivity index (χ1n) is 7.01. The van der Waals surface area contributed by atoms with Gasteiger partial charge in [0.25, 0.3) is 10.0 Å². The van der Waals surface area contributed by atoms with Crippen LogP contribution in [0.15, 0.2) is 40.1 Å². The SMILES string of the molecule is CN(c1cccc(S(=O)(=O)Nc2cscn2)c1)C1CCNC1. The summed E-state index contributed by atoms with van der Waals surface area (Å²) in [6, 6.07) is 7.39. The summed E-state index contributed by atoms with van der Waals surface area (Å²) in [4.78, 5) is 6.33. The molecule has 6 nitrogen and oxygen atoms in total. The Hall–Kier alpha value is -1.64. The lowest BCUT2D eigenvalue weighted by Gasteiger charge is -2.26. The number of thiazole rings is 1. The Morgan fingerprint density at radius 2 is 2.32 bits per heavy atom. The van der Waals surface area contributed by atoms with Crippen molar-refractivity contribution in [1.82, 2.24) is 10.3 Å². The van der Waals surface area contributed by atoms with Crippen molar-refractivity contribution in [2.24, 2.45) is 0 Å². The van der Waals surface area contributed by atoms with Crippen LogP contribution in [0.3, 0.4) is 0 Å². The molecule has 118 valence electrons. The van der Waals surface area contributed by atoms with Gasteiger partial charge < -0.3 is 10.2 Å². The van der Waals surface area contributed by atoms with Crippen LogP contribution in [0.5, 0.6) is 0 Å². The summed E-state index contributed by atoms with van der Waals surface area (Å²) in [6.07, 6.45) is 1.06. The van der Waals surface area contributed by atoms with Gasteiger partial charge in [0.2, 0.25) is 0 Å². The van der Waals surface area contributed by atoms with Crippen molar-refractivity contribution in [2.75, 3.05) is 29.8 Å². The van der Waals surface area contributed by atoms with Gasteiger partial charge in [-0.05, 0) is 31.2 Å². The molecular formula is C14H18N4O2S2. The summed E-state index contributed by atoms with van der Waals surface area (Å²) in [5.41, 5.74) is 2.49. The number of rotatable bonds is 5. The van der Waals surface area contributed by atoms with Crippen LogP contribution in [0.2, 0.25) is 0 Å². The Kier molecular flexibility index (Phi) is 4.32. The van der Waals surface area contributed by atoms with Gasteiger partial charge in [-0.1, -0.05) is 6.07 Å². The predicted molar refractivity (Wildman–Crippen MR) is 89.0 cm³/mol. The molecule has 0 saturated carbocycles. The highest BCUT2D eigenvalue weighted by molar-refractivity contribution is 7.92. The molecule has 1 saturated heterocycles. The molecule has 1 aromatic carbocycles. The minimum atomic E-state index is -3.61. The third-order valence-electron chi connectivity index (χ3n) is 3.79. The van der Waals surface area contributed by atoms with Gasteiger partial charge in [-0.2, -0.15) is 0 Å². The first kappa shape index (κ1) is 15.3. The topological polar surface area (TPSA) is 74.3 Å². The molecule has 2 aromatic rings. The van der Waals surface area contributed by atoms with E-state index in [1.807, 2.05) is 13.1 Å². The molecule has 1 aliphatic heterocycles. The summed E-state index contributed by atoms with van der Waals surface area (Å²) >= 11 is 1.35. The Balaban J connectivity index is 1.83. The van der Waals surface area contributed by atoms with Crippen LogP contribution in [0.1, 0.15) is 6.42 Å². The number of nitrogens with one attached hydrogen (secondary N) is 2. The zero-order chi connectivity index (χ0) is 15.6. The number of aromatic nitrogens is 1. The van der Waals surface area contributed by atoms with Gasteiger partial charge in [-0.25, -0.2) is 13.4 Å². The van der Waals surface area contributed by atoms with Gasteiger partial charge in [-0.15, -0.1) is 11.3 Å². The normalized spacial score (nSPS) is 18.3. The average molecular weight is 338 g/mol. The zero-order valence-electron chi connectivity index (χ0n) is 12.2. The minimum Gasteiger partial charge on any atom is -0.370 e. The van der Waals surface area contributed by atoms with Crippen LogP contribution in [0.25, 0.3) is 0 Å². The zero-order valence-corrected chi connectivity index (χ0v) is 13.8. The van der Waals surface area contributed by atoms with Crippen LogP contribution in [0.4, 0.5) is 11.5 Å². The maximum absolute atomic E-state index is 12.4. The Bertz CT molecular complexity index is 725. The molecule has 1 aromatic heterocycles. The lowest BCUT2D eigenvalue weighted by Crippen LogP contribution is -2.33. The summed E-state index contributed by atoms with van der Waals surface area (Å²) in [7, 11) is -1.61. The second-order valence-electron chi connectivity index (χ2n) is 5.23. The van der Waals surface area contributed by atoms with E-state index in [2.05, 4.69) is 19.9 Å². The van der Waals surface area contributed by atoms with Crippen LogP contribution in [-0.2, 0) is 10.0 Å². The van der Waals surface area contributed by atoms with Gasteiger partial charge >= 0.3 is 0 Å². The van der Waals surface area contributed by atoms with Crippen LogP contribution >= 0.6 is 11.3 Å². The summed E-state index contributed by atoms with van der Waals surface area (Å²) in [6.45, 7) is 1.92. The number of benzene rings is 1. The number of nitrogens with zero attached hydrogens (tertiary/aromatic N) is 2. The number of hydrogen-bond donors (Lipinski definition) is 2. The van der Waals surface area contributed by atoms with Gasteiger partial charge in [-0.3, -0.25) is 4.72 Å². The smallest absolute Gasteiger partial charge is 0.263 e. The van der Waals surface area contributed by atoms with E-state index in [0.717, 1.165) is 25.2 Å².